The lowest BCUT2D eigenvalue weighted by Gasteiger charge is -2.11. The first kappa shape index (κ1) is 18.2. The molecule has 134 valence electrons. The Balaban J connectivity index is 1.69. The van der Waals surface area contributed by atoms with Crippen molar-refractivity contribution in [1.82, 2.24) is 4.98 Å². The molecule has 26 heavy (non-hydrogen) atoms. The second kappa shape index (κ2) is 8.21. The minimum atomic E-state index is -0.974. The molecule has 5 nitrogen and oxygen atoms in total. The fraction of sp³-hybridized carbons (Fsp3) is 0.158. The van der Waals surface area contributed by atoms with Gasteiger partial charge in [0.25, 0.3) is 0 Å². The molecule has 0 fully saturated rings. The fourth-order valence-electron chi connectivity index (χ4n) is 2.34. The molecular formula is C19H16ClNO4S. The quantitative estimate of drug-likeness (QED) is 0.580. The fourth-order valence-corrected chi connectivity index (χ4v) is 3.47. The molecule has 0 aliphatic heterocycles. The molecule has 0 amide bonds. The minimum absolute atomic E-state index is 0.233. The van der Waals surface area contributed by atoms with E-state index in [1.807, 2.05) is 36.4 Å². The molecule has 0 radical (unpaired) electrons. The number of thiazole rings is 1. The zero-order valence-electron chi connectivity index (χ0n) is 13.9. The number of hydrogen-bond acceptors (Lipinski definition) is 5. The molecular weight excluding hydrogens is 374 g/mol. The van der Waals surface area contributed by atoms with Gasteiger partial charge in [-0.25, -0.2) is 9.78 Å². The van der Waals surface area contributed by atoms with Gasteiger partial charge >= 0.3 is 5.97 Å². The first-order valence-electron chi connectivity index (χ1n) is 7.86. The second-order valence-electron chi connectivity index (χ2n) is 5.36. The molecule has 0 aliphatic carbocycles. The third-order valence-corrected chi connectivity index (χ3v) is 5.03. The SMILES string of the molecule is Cc1nc(-c2ccccc2OCCOc2ccccc2Cl)sc1C(=O)O. The van der Waals surface area contributed by atoms with Crippen LogP contribution >= 0.6 is 22.9 Å². The van der Waals surface area contributed by atoms with E-state index in [9.17, 15) is 9.90 Å². The average molecular weight is 390 g/mol. The Hall–Kier alpha value is -2.57. The second-order valence-corrected chi connectivity index (χ2v) is 6.77. The van der Waals surface area contributed by atoms with E-state index in [-0.39, 0.29) is 4.88 Å². The lowest BCUT2D eigenvalue weighted by atomic mass is 10.2. The van der Waals surface area contributed by atoms with Crippen LogP contribution in [0.1, 0.15) is 15.4 Å². The van der Waals surface area contributed by atoms with E-state index in [2.05, 4.69) is 4.98 Å². The van der Waals surface area contributed by atoms with Crippen molar-refractivity contribution >= 4 is 28.9 Å². The van der Waals surface area contributed by atoms with Crippen LogP contribution in [-0.4, -0.2) is 29.3 Å². The number of rotatable bonds is 7. The first-order valence-corrected chi connectivity index (χ1v) is 9.06. The number of carboxylic acids is 1. The van der Waals surface area contributed by atoms with Crippen molar-refractivity contribution < 1.29 is 19.4 Å². The molecule has 0 saturated heterocycles. The predicted octanol–water partition coefficient (Wildman–Crippen LogP) is 4.93. The van der Waals surface area contributed by atoms with Crippen molar-refractivity contribution in [3.63, 3.8) is 0 Å². The maximum Gasteiger partial charge on any atom is 0.347 e. The van der Waals surface area contributed by atoms with E-state index in [0.717, 1.165) is 16.9 Å². The zero-order valence-corrected chi connectivity index (χ0v) is 15.5. The molecule has 2 aromatic carbocycles. The van der Waals surface area contributed by atoms with Crippen molar-refractivity contribution in [3.8, 4) is 22.1 Å². The summed E-state index contributed by atoms with van der Waals surface area (Å²) in [6.07, 6.45) is 0. The zero-order chi connectivity index (χ0) is 18.5. The Morgan fingerprint density at radius 2 is 1.69 bits per heavy atom. The van der Waals surface area contributed by atoms with Crippen LogP contribution in [0, 0.1) is 6.92 Å². The first-order chi connectivity index (χ1) is 12.6. The van der Waals surface area contributed by atoms with Crippen molar-refractivity contribution in [3.05, 3.63) is 64.1 Å². The molecule has 7 heteroatoms. The topological polar surface area (TPSA) is 68.7 Å². The molecule has 0 unspecified atom stereocenters. The van der Waals surface area contributed by atoms with Gasteiger partial charge in [0, 0.05) is 0 Å². The van der Waals surface area contributed by atoms with Crippen LogP contribution in [0.4, 0.5) is 0 Å². The highest BCUT2D eigenvalue weighted by molar-refractivity contribution is 7.17. The van der Waals surface area contributed by atoms with E-state index in [1.54, 1.807) is 19.1 Å². The van der Waals surface area contributed by atoms with Crippen LogP contribution in [0.25, 0.3) is 10.6 Å². The summed E-state index contributed by atoms with van der Waals surface area (Å²) in [5.41, 5.74) is 1.25. The number of ether oxygens (including phenoxy) is 2. The molecule has 1 N–H and O–H groups in total. The maximum atomic E-state index is 11.2. The van der Waals surface area contributed by atoms with Crippen LogP contribution in [0.5, 0.6) is 11.5 Å². The Morgan fingerprint density at radius 1 is 1.08 bits per heavy atom. The molecule has 3 rings (SSSR count). The minimum Gasteiger partial charge on any atom is -0.489 e. The number of para-hydroxylation sites is 2. The van der Waals surface area contributed by atoms with Gasteiger partial charge in [-0.15, -0.1) is 11.3 Å². The number of carbonyl (C=O) groups is 1. The maximum absolute atomic E-state index is 11.2. The monoisotopic (exact) mass is 389 g/mol. The largest absolute Gasteiger partial charge is 0.489 e. The summed E-state index contributed by atoms with van der Waals surface area (Å²) >= 11 is 7.18. The number of aromatic nitrogens is 1. The number of aryl methyl sites for hydroxylation is 1. The Kier molecular flexibility index (Phi) is 5.75. The van der Waals surface area contributed by atoms with Crippen molar-refractivity contribution in [2.24, 2.45) is 0 Å². The Morgan fingerprint density at radius 3 is 2.35 bits per heavy atom. The van der Waals surface area contributed by atoms with Gasteiger partial charge < -0.3 is 14.6 Å². The predicted molar refractivity (Wildman–Crippen MR) is 102 cm³/mol. The van der Waals surface area contributed by atoms with E-state index >= 15 is 0 Å². The molecule has 1 aromatic heterocycles. The van der Waals surface area contributed by atoms with E-state index < -0.39 is 5.97 Å². The highest BCUT2D eigenvalue weighted by Gasteiger charge is 2.17. The van der Waals surface area contributed by atoms with E-state index in [1.165, 1.54) is 0 Å². The normalized spacial score (nSPS) is 10.5. The number of nitrogens with zero attached hydrogens (tertiary/aromatic N) is 1. The van der Waals surface area contributed by atoms with Crippen LogP contribution in [0.2, 0.25) is 5.02 Å². The smallest absolute Gasteiger partial charge is 0.347 e. The van der Waals surface area contributed by atoms with Gasteiger partial charge in [0.2, 0.25) is 0 Å². The third-order valence-electron chi connectivity index (χ3n) is 3.54. The Labute approximate surface area is 159 Å². The van der Waals surface area contributed by atoms with E-state index in [0.29, 0.717) is 40.4 Å². The van der Waals surface area contributed by atoms with Crippen molar-refractivity contribution in [2.75, 3.05) is 13.2 Å². The Bertz CT molecular complexity index is 925. The van der Waals surface area contributed by atoms with Gasteiger partial charge in [-0.2, -0.15) is 0 Å². The van der Waals surface area contributed by atoms with Gasteiger partial charge in [-0.3, -0.25) is 0 Å². The molecule has 1 heterocycles. The number of benzene rings is 2. The van der Waals surface area contributed by atoms with Crippen molar-refractivity contribution in [2.45, 2.75) is 6.92 Å². The summed E-state index contributed by atoms with van der Waals surface area (Å²) in [4.78, 5) is 15.8. The van der Waals surface area contributed by atoms with Gasteiger partial charge in [0.1, 0.15) is 34.6 Å². The molecule has 0 spiro atoms. The highest BCUT2D eigenvalue weighted by Crippen LogP contribution is 2.34. The molecule has 3 aromatic rings. The van der Waals surface area contributed by atoms with Gasteiger partial charge in [0.05, 0.1) is 16.3 Å². The van der Waals surface area contributed by atoms with Crippen LogP contribution < -0.4 is 9.47 Å². The molecule has 0 aliphatic rings. The molecule has 0 saturated carbocycles. The van der Waals surface area contributed by atoms with Crippen LogP contribution in [0.3, 0.4) is 0 Å². The van der Waals surface area contributed by atoms with Gasteiger partial charge in [-0.1, -0.05) is 35.9 Å². The third kappa shape index (κ3) is 4.15. The summed E-state index contributed by atoms with van der Waals surface area (Å²) in [5, 5.41) is 10.4. The molecule has 0 atom stereocenters. The summed E-state index contributed by atoms with van der Waals surface area (Å²) in [7, 11) is 0. The lowest BCUT2D eigenvalue weighted by molar-refractivity contribution is 0.0701. The standard InChI is InChI=1S/C19H16ClNO4S/c1-12-17(19(22)23)26-18(21-12)13-6-2-4-8-15(13)24-10-11-25-16-9-5-3-7-14(16)20/h2-9H,10-11H2,1H3,(H,22,23). The number of carboxylic acid groups (broad SMARTS) is 1. The van der Waals surface area contributed by atoms with Crippen molar-refractivity contribution in [1.29, 1.82) is 0 Å². The number of hydrogen-bond donors (Lipinski definition) is 1. The summed E-state index contributed by atoms with van der Waals surface area (Å²) in [5.74, 6) is 0.256. The lowest BCUT2D eigenvalue weighted by Crippen LogP contribution is -2.09. The van der Waals surface area contributed by atoms with Crippen LogP contribution in [0.15, 0.2) is 48.5 Å². The van der Waals surface area contributed by atoms with Crippen LogP contribution in [-0.2, 0) is 0 Å². The number of halogens is 1. The number of aromatic carboxylic acids is 1. The highest BCUT2D eigenvalue weighted by atomic mass is 35.5. The average Bonchev–Trinajstić information content (AvgIpc) is 3.02. The summed E-state index contributed by atoms with van der Waals surface area (Å²) < 4.78 is 11.4. The van der Waals surface area contributed by atoms with Gasteiger partial charge in [0.15, 0.2) is 0 Å². The summed E-state index contributed by atoms with van der Waals surface area (Å²) in [6.45, 7) is 2.33. The summed E-state index contributed by atoms with van der Waals surface area (Å²) in [6, 6.07) is 14.6. The van der Waals surface area contributed by atoms with E-state index in [4.69, 9.17) is 21.1 Å². The van der Waals surface area contributed by atoms with Gasteiger partial charge in [-0.05, 0) is 31.2 Å². The molecule has 0 bridgehead atoms.